The van der Waals surface area contributed by atoms with Crippen molar-refractivity contribution in [3.8, 4) is 0 Å². The predicted octanol–water partition coefficient (Wildman–Crippen LogP) is 11.4. The third kappa shape index (κ3) is 4.38. The predicted molar refractivity (Wildman–Crippen MR) is 178 cm³/mol. The second kappa shape index (κ2) is 8.83. The highest BCUT2D eigenvalue weighted by Crippen LogP contribution is 2.85. The van der Waals surface area contributed by atoms with Crippen molar-refractivity contribution in [2.24, 2.45) is 32.5 Å². The summed E-state index contributed by atoms with van der Waals surface area (Å²) in [5, 5.41) is 0. The molecule has 0 spiro atoms. The van der Waals surface area contributed by atoms with Crippen LogP contribution in [0.2, 0.25) is 0 Å². The van der Waals surface area contributed by atoms with E-state index < -0.39 is 20.2 Å². The summed E-state index contributed by atoms with van der Waals surface area (Å²) in [6.45, 7) is 10.1. The Morgan fingerprint density at radius 1 is 0.556 bits per heavy atom. The molecule has 0 aromatic heterocycles. The molecule has 10 rings (SSSR count). The molecule has 244 valence electrons. The van der Waals surface area contributed by atoms with Gasteiger partial charge in [0.25, 0.3) is 9.84 Å². The maximum absolute atomic E-state index is 13.4. The Morgan fingerprint density at radius 3 is 1.31 bits per heavy atom. The first-order valence-electron chi connectivity index (χ1n) is 16.5. The minimum Gasteiger partial charge on any atom is -0.214 e. The van der Waals surface area contributed by atoms with E-state index in [4.69, 9.17) is 0 Å². The van der Waals surface area contributed by atoms with Crippen LogP contribution in [0.3, 0.4) is 0 Å². The van der Waals surface area contributed by atoms with Gasteiger partial charge in [0.2, 0.25) is 0 Å². The summed E-state index contributed by atoms with van der Waals surface area (Å²) in [6.07, 6.45) is 14.2. The van der Waals surface area contributed by atoms with Crippen LogP contribution in [-0.4, -0.2) is 13.9 Å². The fraction of sp³-hybridized carbons (Fsp3) is 0.676. The molecule has 0 radical (unpaired) electrons. The smallest absolute Gasteiger partial charge is 0.214 e. The zero-order valence-electron chi connectivity index (χ0n) is 26.6. The molecule has 45 heavy (non-hydrogen) atoms. The van der Waals surface area contributed by atoms with Gasteiger partial charge in [0.1, 0.15) is 0 Å². The quantitative estimate of drug-likeness (QED) is 0.310. The fourth-order valence-corrected chi connectivity index (χ4v) is 17.2. The summed E-state index contributed by atoms with van der Waals surface area (Å²) in [5.74, 6) is 0. The average Bonchev–Trinajstić information content (AvgIpc) is 2.83. The van der Waals surface area contributed by atoms with Crippen molar-refractivity contribution in [2.45, 2.75) is 126 Å². The number of alkyl halides is 3. The zero-order chi connectivity index (χ0) is 32.3. The molecule has 0 aliphatic heterocycles. The lowest BCUT2D eigenvalue weighted by atomic mass is 9.24. The molecule has 0 N–H and O–H groups in total. The van der Waals surface area contributed by atoms with E-state index in [1.807, 2.05) is 0 Å². The third-order valence-corrected chi connectivity index (χ3v) is 16.3. The molecule has 8 heteroatoms. The van der Waals surface area contributed by atoms with E-state index >= 15 is 0 Å². The standard InChI is InChI=1S/C37H43Br2F3O2S/c1-29-12-30(2)15-33(14-29,24-5-7-28(8-6-24)45(43,44)37(40,41)42)22-35(18-29,19-30)36-20-31(3)13-32(4,21-36)17-34(16-31,23-36)25-9-26(38)11-27(39)10-25/h5-11H,12-23H2,1-4H3. The van der Waals surface area contributed by atoms with E-state index in [2.05, 4.69) is 77.8 Å². The molecule has 8 saturated carbocycles. The SMILES string of the molecule is CC12CC3(C)CC(c4ccc(S(=O)(=O)C(F)(F)F)cc4)(C1)CC(C14CC5(C)CC(C)(CC(c6cc(Br)cc(Br)c6)(C5)C1)C4)(C2)C3. The van der Waals surface area contributed by atoms with Gasteiger partial charge in [-0.2, -0.15) is 13.2 Å². The second-order valence-corrected chi connectivity index (χ2v) is 22.4. The molecule has 4 unspecified atom stereocenters. The number of rotatable bonds is 4. The van der Waals surface area contributed by atoms with Gasteiger partial charge in [0, 0.05) is 8.95 Å². The van der Waals surface area contributed by atoms with Gasteiger partial charge in [-0.3, -0.25) is 0 Å². The van der Waals surface area contributed by atoms with Gasteiger partial charge < -0.3 is 0 Å². The number of halogens is 5. The molecule has 4 atom stereocenters. The Bertz CT molecular complexity index is 1670. The molecule has 8 fully saturated rings. The summed E-state index contributed by atoms with van der Waals surface area (Å²) in [6, 6.07) is 12.8. The van der Waals surface area contributed by atoms with E-state index in [1.165, 1.54) is 75.5 Å². The number of sulfone groups is 1. The molecule has 8 bridgehead atoms. The molecule has 8 aliphatic rings. The van der Waals surface area contributed by atoms with Gasteiger partial charge >= 0.3 is 5.51 Å². The molecule has 2 aromatic carbocycles. The van der Waals surface area contributed by atoms with Crippen molar-refractivity contribution in [2.75, 3.05) is 0 Å². The van der Waals surface area contributed by atoms with Crippen LogP contribution < -0.4 is 0 Å². The summed E-state index contributed by atoms with van der Waals surface area (Å²) in [4.78, 5) is -0.653. The van der Waals surface area contributed by atoms with E-state index in [-0.39, 0.29) is 43.3 Å². The molecule has 2 nitrogen and oxygen atoms in total. The van der Waals surface area contributed by atoms with Gasteiger partial charge in [-0.1, -0.05) is 71.7 Å². The van der Waals surface area contributed by atoms with Crippen molar-refractivity contribution < 1.29 is 21.6 Å². The molecule has 0 saturated heterocycles. The van der Waals surface area contributed by atoms with Crippen molar-refractivity contribution in [3.63, 3.8) is 0 Å². The molecule has 2 aromatic rings. The first kappa shape index (κ1) is 31.4. The maximum atomic E-state index is 13.4. The highest BCUT2D eigenvalue weighted by Gasteiger charge is 2.76. The van der Waals surface area contributed by atoms with Crippen LogP contribution in [0.15, 0.2) is 56.3 Å². The number of hydrogen-bond donors (Lipinski definition) is 0. The van der Waals surface area contributed by atoms with E-state index in [9.17, 15) is 21.6 Å². The molecular weight excluding hydrogens is 725 g/mol. The highest BCUT2D eigenvalue weighted by atomic mass is 79.9. The van der Waals surface area contributed by atoms with Crippen molar-refractivity contribution >= 4 is 41.7 Å². The second-order valence-electron chi connectivity index (χ2n) is 18.6. The fourth-order valence-electron chi connectivity index (χ4n) is 15.1. The van der Waals surface area contributed by atoms with Gasteiger partial charge in [-0.05, 0) is 162 Å². The summed E-state index contributed by atoms with van der Waals surface area (Å²) < 4.78 is 67.0. The zero-order valence-corrected chi connectivity index (χ0v) is 30.6. The Balaban J connectivity index is 1.27. The lowest BCUT2D eigenvalue weighted by Crippen LogP contribution is -2.71. The van der Waals surface area contributed by atoms with Crippen LogP contribution in [0.25, 0.3) is 0 Å². The number of benzene rings is 2. The first-order valence-corrected chi connectivity index (χ1v) is 19.5. The Kier molecular flexibility index (Phi) is 6.16. The lowest BCUT2D eigenvalue weighted by Gasteiger charge is -2.80. The van der Waals surface area contributed by atoms with Gasteiger partial charge in [0.15, 0.2) is 0 Å². The topological polar surface area (TPSA) is 34.1 Å². The molecular formula is C37H43Br2F3O2S. The van der Waals surface area contributed by atoms with Crippen LogP contribution in [-0.2, 0) is 20.7 Å². The van der Waals surface area contributed by atoms with Crippen molar-refractivity contribution in [3.05, 3.63) is 62.5 Å². The average molecular weight is 769 g/mol. The van der Waals surface area contributed by atoms with Crippen molar-refractivity contribution in [1.82, 2.24) is 0 Å². The Hall–Kier alpha value is -0.860. The summed E-state index contributed by atoms with van der Waals surface area (Å²) in [5.41, 5.74) is -1.67. The van der Waals surface area contributed by atoms with Crippen LogP contribution >= 0.6 is 31.9 Å². The van der Waals surface area contributed by atoms with Crippen LogP contribution in [0.4, 0.5) is 13.2 Å². The van der Waals surface area contributed by atoms with E-state index in [1.54, 1.807) is 12.1 Å². The van der Waals surface area contributed by atoms with Crippen LogP contribution in [0, 0.1) is 32.5 Å². The van der Waals surface area contributed by atoms with Gasteiger partial charge in [-0.15, -0.1) is 0 Å². The normalized spacial score (nSPS) is 46.6. The minimum atomic E-state index is -5.38. The summed E-state index contributed by atoms with van der Waals surface area (Å²) >= 11 is 7.62. The summed E-state index contributed by atoms with van der Waals surface area (Å²) in [7, 11) is -5.38. The van der Waals surface area contributed by atoms with Gasteiger partial charge in [0.05, 0.1) is 4.90 Å². The minimum absolute atomic E-state index is 0.121. The van der Waals surface area contributed by atoms with Crippen LogP contribution in [0.1, 0.15) is 116 Å². The van der Waals surface area contributed by atoms with E-state index in [0.29, 0.717) is 0 Å². The van der Waals surface area contributed by atoms with Crippen molar-refractivity contribution in [1.29, 1.82) is 0 Å². The third-order valence-electron chi connectivity index (χ3n) is 13.9. The Morgan fingerprint density at radius 2 is 0.933 bits per heavy atom. The molecule has 0 heterocycles. The van der Waals surface area contributed by atoms with Gasteiger partial charge in [-0.25, -0.2) is 8.42 Å². The first-order chi connectivity index (χ1) is 20.6. The lowest BCUT2D eigenvalue weighted by molar-refractivity contribution is -0.275. The van der Waals surface area contributed by atoms with E-state index in [0.717, 1.165) is 33.8 Å². The molecule has 0 amide bonds. The maximum Gasteiger partial charge on any atom is 0.501 e. The molecule has 8 aliphatic carbocycles. The monoisotopic (exact) mass is 766 g/mol. The Labute approximate surface area is 282 Å². The largest absolute Gasteiger partial charge is 0.501 e. The highest BCUT2D eigenvalue weighted by molar-refractivity contribution is 9.11. The number of hydrogen-bond acceptors (Lipinski definition) is 2. The van der Waals surface area contributed by atoms with Crippen LogP contribution in [0.5, 0.6) is 0 Å².